The summed E-state index contributed by atoms with van der Waals surface area (Å²) in [6.45, 7) is 6.38. The first-order valence-corrected chi connectivity index (χ1v) is 8.16. The Morgan fingerprint density at radius 2 is 2.10 bits per heavy atom. The van der Waals surface area contributed by atoms with Gasteiger partial charge in [-0.1, -0.05) is 26.7 Å². The van der Waals surface area contributed by atoms with Crippen LogP contribution in [0.4, 0.5) is 5.82 Å². The van der Waals surface area contributed by atoms with Gasteiger partial charge in [0.1, 0.15) is 5.82 Å². The van der Waals surface area contributed by atoms with Gasteiger partial charge in [0.15, 0.2) is 0 Å². The van der Waals surface area contributed by atoms with Crippen molar-refractivity contribution in [1.29, 1.82) is 0 Å². The second-order valence-electron chi connectivity index (χ2n) is 6.36. The van der Waals surface area contributed by atoms with Crippen molar-refractivity contribution in [3.05, 3.63) is 22.3 Å². The maximum Gasteiger partial charge on any atom is 0.231 e. The molecule has 1 aromatic heterocycles. The fourth-order valence-corrected chi connectivity index (χ4v) is 3.43. The molecule has 2 rings (SSSR count). The summed E-state index contributed by atoms with van der Waals surface area (Å²) in [7, 11) is 0. The van der Waals surface area contributed by atoms with E-state index in [1.807, 2.05) is 13.0 Å². The van der Waals surface area contributed by atoms with E-state index in [1.165, 1.54) is 0 Å². The van der Waals surface area contributed by atoms with Gasteiger partial charge in [0, 0.05) is 16.1 Å². The van der Waals surface area contributed by atoms with Crippen LogP contribution in [0.5, 0.6) is 0 Å². The van der Waals surface area contributed by atoms with Crippen LogP contribution in [-0.4, -0.2) is 10.9 Å². The smallest absolute Gasteiger partial charge is 0.231 e. The summed E-state index contributed by atoms with van der Waals surface area (Å²) in [6.07, 6.45) is 7.04. The number of carbonyl (C=O) groups excluding carboxylic acids is 1. The molecule has 0 radical (unpaired) electrons. The quantitative estimate of drug-likeness (QED) is 0.864. The van der Waals surface area contributed by atoms with E-state index in [0.717, 1.165) is 42.1 Å². The minimum atomic E-state index is -0.184. The van der Waals surface area contributed by atoms with Crippen LogP contribution in [0.15, 0.2) is 16.7 Å². The van der Waals surface area contributed by atoms with Crippen LogP contribution in [0.2, 0.25) is 0 Å². The van der Waals surface area contributed by atoms with Gasteiger partial charge in [-0.05, 0) is 59.7 Å². The lowest BCUT2D eigenvalue weighted by Crippen LogP contribution is -2.35. The van der Waals surface area contributed by atoms with Crippen LogP contribution in [0, 0.1) is 18.3 Å². The minimum absolute atomic E-state index is 0.151. The molecule has 1 aliphatic rings. The summed E-state index contributed by atoms with van der Waals surface area (Å²) < 4.78 is 0.966. The molecule has 4 heteroatoms. The molecule has 1 aromatic rings. The maximum absolute atomic E-state index is 12.7. The van der Waals surface area contributed by atoms with Crippen LogP contribution in [0.25, 0.3) is 0 Å². The predicted octanol–water partition coefficient (Wildman–Crippen LogP) is 4.70. The highest BCUT2D eigenvalue weighted by molar-refractivity contribution is 9.10. The molecule has 0 aliphatic heterocycles. The molecule has 0 unspecified atom stereocenters. The molecule has 3 nitrogen and oxygen atoms in total. The largest absolute Gasteiger partial charge is 0.310 e. The molecule has 0 saturated heterocycles. The minimum Gasteiger partial charge on any atom is -0.310 e. The van der Waals surface area contributed by atoms with E-state index in [2.05, 4.69) is 40.1 Å². The van der Waals surface area contributed by atoms with Gasteiger partial charge in [0.05, 0.1) is 0 Å². The van der Waals surface area contributed by atoms with Gasteiger partial charge in [-0.25, -0.2) is 4.98 Å². The highest BCUT2D eigenvalue weighted by Gasteiger charge is 2.41. The first-order valence-electron chi connectivity index (χ1n) is 7.36. The van der Waals surface area contributed by atoms with E-state index in [4.69, 9.17) is 0 Å². The van der Waals surface area contributed by atoms with Crippen molar-refractivity contribution in [3.8, 4) is 0 Å². The molecule has 0 aromatic carbocycles. The molecule has 20 heavy (non-hydrogen) atoms. The summed E-state index contributed by atoms with van der Waals surface area (Å²) in [5, 5.41) is 3.03. The van der Waals surface area contributed by atoms with E-state index < -0.39 is 0 Å². The van der Waals surface area contributed by atoms with Crippen molar-refractivity contribution in [2.45, 2.75) is 52.9 Å². The molecule has 1 amide bonds. The van der Waals surface area contributed by atoms with Crippen molar-refractivity contribution in [1.82, 2.24) is 4.98 Å². The third-order valence-corrected chi connectivity index (χ3v) is 4.96. The van der Waals surface area contributed by atoms with Crippen molar-refractivity contribution in [2.75, 3.05) is 5.32 Å². The molecule has 1 heterocycles. The fraction of sp³-hybridized carbons (Fsp3) is 0.625. The van der Waals surface area contributed by atoms with E-state index in [0.29, 0.717) is 11.7 Å². The first kappa shape index (κ1) is 15.5. The lowest BCUT2D eigenvalue weighted by atomic mass is 9.77. The fourth-order valence-electron chi connectivity index (χ4n) is 3.21. The first-order chi connectivity index (χ1) is 9.43. The average molecular weight is 339 g/mol. The van der Waals surface area contributed by atoms with E-state index in [9.17, 15) is 4.79 Å². The number of carbonyl (C=O) groups is 1. The van der Waals surface area contributed by atoms with Crippen molar-refractivity contribution in [3.63, 3.8) is 0 Å². The molecule has 0 atom stereocenters. The Labute approximate surface area is 129 Å². The molecule has 1 N–H and O–H groups in total. The number of nitrogens with one attached hydrogen (secondary N) is 1. The zero-order chi connectivity index (χ0) is 14.8. The van der Waals surface area contributed by atoms with Crippen molar-refractivity contribution < 1.29 is 4.79 Å². The topological polar surface area (TPSA) is 42.0 Å². The maximum atomic E-state index is 12.7. The SMILES string of the molecule is Cc1cc(NC(=O)C2(CC(C)C)CCCC2)ncc1Br. The molecule has 110 valence electrons. The zero-order valence-electron chi connectivity index (χ0n) is 12.5. The number of rotatable bonds is 4. The highest BCUT2D eigenvalue weighted by Crippen LogP contribution is 2.44. The van der Waals surface area contributed by atoms with Gasteiger partial charge in [-0.3, -0.25) is 4.79 Å². The van der Waals surface area contributed by atoms with Gasteiger partial charge in [0.25, 0.3) is 0 Å². The molecule has 0 bridgehead atoms. The Kier molecular flexibility index (Phi) is 4.84. The number of pyridine rings is 1. The number of hydrogen-bond acceptors (Lipinski definition) is 2. The Morgan fingerprint density at radius 3 is 2.65 bits per heavy atom. The monoisotopic (exact) mass is 338 g/mol. The second kappa shape index (κ2) is 6.25. The number of amides is 1. The molecular formula is C16H23BrN2O. The van der Waals surface area contributed by atoms with Gasteiger partial charge < -0.3 is 5.32 Å². The molecular weight excluding hydrogens is 316 g/mol. The number of nitrogens with zero attached hydrogens (tertiary/aromatic N) is 1. The highest BCUT2D eigenvalue weighted by atomic mass is 79.9. The van der Waals surface area contributed by atoms with Gasteiger partial charge >= 0.3 is 0 Å². The van der Waals surface area contributed by atoms with Crippen LogP contribution in [0.1, 0.15) is 51.5 Å². The number of aryl methyl sites for hydroxylation is 1. The zero-order valence-corrected chi connectivity index (χ0v) is 14.1. The average Bonchev–Trinajstić information content (AvgIpc) is 2.83. The Hall–Kier alpha value is -0.900. The van der Waals surface area contributed by atoms with Crippen LogP contribution < -0.4 is 5.32 Å². The Bertz CT molecular complexity index is 493. The molecule has 0 spiro atoms. The van der Waals surface area contributed by atoms with Crippen LogP contribution >= 0.6 is 15.9 Å². The summed E-state index contributed by atoms with van der Waals surface area (Å²) in [6, 6.07) is 1.92. The van der Waals surface area contributed by atoms with Crippen molar-refractivity contribution in [2.24, 2.45) is 11.3 Å². The van der Waals surface area contributed by atoms with Gasteiger partial charge in [-0.2, -0.15) is 0 Å². The Balaban J connectivity index is 2.14. The summed E-state index contributed by atoms with van der Waals surface area (Å²) >= 11 is 3.43. The van der Waals surface area contributed by atoms with Gasteiger partial charge in [-0.15, -0.1) is 0 Å². The number of hydrogen-bond donors (Lipinski definition) is 1. The Morgan fingerprint density at radius 1 is 1.45 bits per heavy atom. The third-order valence-electron chi connectivity index (χ3n) is 4.13. The summed E-state index contributed by atoms with van der Waals surface area (Å²) in [5.41, 5.74) is 0.899. The standard InChI is InChI=1S/C16H23BrN2O/c1-11(2)9-16(6-4-5-7-16)15(20)19-14-8-12(3)13(17)10-18-14/h8,10-11H,4-7,9H2,1-3H3,(H,18,19,20). The summed E-state index contributed by atoms with van der Waals surface area (Å²) in [5.74, 6) is 1.35. The van der Waals surface area contributed by atoms with Crippen LogP contribution in [0.3, 0.4) is 0 Å². The van der Waals surface area contributed by atoms with E-state index in [-0.39, 0.29) is 11.3 Å². The van der Waals surface area contributed by atoms with E-state index >= 15 is 0 Å². The normalized spacial score (nSPS) is 17.4. The molecule has 1 aliphatic carbocycles. The van der Waals surface area contributed by atoms with Gasteiger partial charge in [0.2, 0.25) is 5.91 Å². The predicted molar refractivity (Wildman–Crippen MR) is 85.7 cm³/mol. The number of halogens is 1. The lowest BCUT2D eigenvalue weighted by molar-refractivity contribution is -0.126. The lowest BCUT2D eigenvalue weighted by Gasteiger charge is -2.29. The van der Waals surface area contributed by atoms with Crippen LogP contribution in [-0.2, 0) is 4.79 Å². The molecule has 1 fully saturated rings. The number of anilines is 1. The van der Waals surface area contributed by atoms with E-state index in [1.54, 1.807) is 6.20 Å². The molecule has 1 saturated carbocycles. The third kappa shape index (κ3) is 3.40. The second-order valence-corrected chi connectivity index (χ2v) is 7.21. The van der Waals surface area contributed by atoms with Crippen molar-refractivity contribution >= 4 is 27.7 Å². The summed E-state index contributed by atoms with van der Waals surface area (Å²) in [4.78, 5) is 17.0. The number of aromatic nitrogens is 1.